The lowest BCUT2D eigenvalue weighted by molar-refractivity contribution is -0.518. The van der Waals surface area contributed by atoms with Gasteiger partial charge >= 0.3 is 0 Å². The monoisotopic (exact) mass is 415 g/mol. The molecule has 158 valence electrons. The van der Waals surface area contributed by atoms with Crippen LogP contribution in [-0.2, 0) is 26.0 Å². The van der Waals surface area contributed by atoms with Gasteiger partial charge in [-0.15, -0.1) is 0 Å². The molecule has 0 aliphatic carbocycles. The molecular formula is C26H25NO4. The summed E-state index contributed by atoms with van der Waals surface area (Å²) in [7, 11) is 0. The fourth-order valence-electron chi connectivity index (χ4n) is 5.13. The summed E-state index contributed by atoms with van der Waals surface area (Å²) in [6.07, 6.45) is 1.37. The number of hydrogen-bond acceptors (Lipinski definition) is 4. The molecule has 3 aromatic carbocycles. The van der Waals surface area contributed by atoms with Crippen molar-refractivity contribution in [2.45, 2.75) is 37.6 Å². The van der Waals surface area contributed by atoms with Crippen molar-refractivity contribution in [3.05, 3.63) is 102 Å². The van der Waals surface area contributed by atoms with Gasteiger partial charge in [0.1, 0.15) is 5.41 Å². The zero-order chi connectivity index (χ0) is 21.5. The van der Waals surface area contributed by atoms with E-state index in [1.54, 1.807) is 12.1 Å². The second-order valence-electron chi connectivity index (χ2n) is 8.38. The number of benzene rings is 3. The quantitative estimate of drug-likeness (QED) is 0.597. The molecule has 5 rings (SSSR count). The second kappa shape index (κ2) is 7.31. The molecule has 5 heteroatoms. The molecule has 0 radical (unpaired) electrons. The Bertz CT molecular complexity index is 1060. The molecule has 2 unspecified atom stereocenters. The average molecular weight is 415 g/mol. The molecule has 3 aromatic rings. The first-order valence-electron chi connectivity index (χ1n) is 10.7. The maximum absolute atomic E-state index is 13.7. The fourth-order valence-corrected chi connectivity index (χ4v) is 5.13. The summed E-state index contributed by atoms with van der Waals surface area (Å²) in [5.41, 5.74) is 0.499. The molecule has 2 N–H and O–H groups in total. The zero-order valence-corrected chi connectivity index (χ0v) is 17.4. The molecule has 1 fully saturated rings. The number of aliphatic hydroxyl groups is 1. The Balaban J connectivity index is 1.74. The highest BCUT2D eigenvalue weighted by Crippen LogP contribution is 2.61. The van der Waals surface area contributed by atoms with E-state index in [9.17, 15) is 9.90 Å². The SMILES string of the molecule is CCCC12CC(c3ccccc3)(c3ccccc3)OOC1(O)c1ccccc1NC2=O. The number of anilines is 1. The number of nitrogens with one attached hydrogen (secondary N) is 1. The van der Waals surface area contributed by atoms with E-state index in [1.807, 2.05) is 79.7 Å². The van der Waals surface area contributed by atoms with Gasteiger partial charge in [0.15, 0.2) is 5.60 Å². The van der Waals surface area contributed by atoms with Crippen LogP contribution in [0.1, 0.15) is 42.9 Å². The predicted octanol–water partition coefficient (Wildman–Crippen LogP) is 4.87. The summed E-state index contributed by atoms with van der Waals surface area (Å²) in [6.45, 7) is 2.01. The summed E-state index contributed by atoms with van der Waals surface area (Å²) in [6, 6.07) is 26.7. The van der Waals surface area contributed by atoms with E-state index in [4.69, 9.17) is 9.78 Å². The van der Waals surface area contributed by atoms with Crippen LogP contribution in [-0.4, -0.2) is 11.0 Å². The lowest BCUT2D eigenvalue weighted by Crippen LogP contribution is -2.64. The van der Waals surface area contributed by atoms with Gasteiger partial charge in [-0.1, -0.05) is 92.2 Å². The van der Waals surface area contributed by atoms with Crippen molar-refractivity contribution in [3.8, 4) is 0 Å². The highest BCUT2D eigenvalue weighted by molar-refractivity contribution is 6.00. The van der Waals surface area contributed by atoms with Gasteiger partial charge in [-0.2, -0.15) is 4.89 Å². The van der Waals surface area contributed by atoms with Crippen LogP contribution in [0.15, 0.2) is 84.9 Å². The minimum atomic E-state index is -1.89. The summed E-state index contributed by atoms with van der Waals surface area (Å²) in [5.74, 6) is -2.15. The van der Waals surface area contributed by atoms with E-state index in [0.29, 0.717) is 24.1 Å². The van der Waals surface area contributed by atoms with Crippen molar-refractivity contribution >= 4 is 11.6 Å². The number of rotatable bonds is 4. The number of carbonyl (C=O) groups excluding carboxylic acids is 1. The normalized spacial score (nSPS) is 26.5. The Morgan fingerprint density at radius 1 is 0.871 bits per heavy atom. The Morgan fingerprint density at radius 2 is 1.45 bits per heavy atom. The number of carbonyl (C=O) groups is 1. The van der Waals surface area contributed by atoms with Crippen LogP contribution in [0.5, 0.6) is 0 Å². The highest BCUT2D eigenvalue weighted by Gasteiger charge is 2.68. The summed E-state index contributed by atoms with van der Waals surface area (Å²) in [5, 5.41) is 14.9. The van der Waals surface area contributed by atoms with Crippen LogP contribution in [0.25, 0.3) is 0 Å². The maximum atomic E-state index is 13.7. The van der Waals surface area contributed by atoms with Crippen molar-refractivity contribution in [1.29, 1.82) is 0 Å². The van der Waals surface area contributed by atoms with Gasteiger partial charge in [0.05, 0.1) is 0 Å². The third-order valence-electron chi connectivity index (χ3n) is 6.64. The number of para-hydroxylation sites is 1. The molecule has 2 heterocycles. The number of fused-ring (bicyclic) bond motifs is 3. The smallest absolute Gasteiger partial charge is 0.242 e. The van der Waals surface area contributed by atoms with Gasteiger partial charge in [0.25, 0.3) is 0 Å². The predicted molar refractivity (Wildman–Crippen MR) is 117 cm³/mol. The van der Waals surface area contributed by atoms with Crippen molar-refractivity contribution in [2.75, 3.05) is 5.32 Å². The van der Waals surface area contributed by atoms with E-state index >= 15 is 0 Å². The zero-order valence-electron chi connectivity index (χ0n) is 17.4. The molecule has 0 saturated carbocycles. The molecule has 2 aliphatic rings. The third kappa shape index (κ3) is 2.78. The lowest BCUT2D eigenvalue weighted by atomic mass is 9.61. The van der Waals surface area contributed by atoms with Crippen molar-refractivity contribution in [2.24, 2.45) is 5.41 Å². The largest absolute Gasteiger partial charge is 0.359 e. The first-order chi connectivity index (χ1) is 15.1. The Hall–Kier alpha value is -2.99. The van der Waals surface area contributed by atoms with Crippen LogP contribution < -0.4 is 5.32 Å². The van der Waals surface area contributed by atoms with Crippen molar-refractivity contribution in [3.63, 3.8) is 0 Å². The van der Waals surface area contributed by atoms with Crippen LogP contribution >= 0.6 is 0 Å². The van der Waals surface area contributed by atoms with Crippen molar-refractivity contribution in [1.82, 2.24) is 0 Å². The molecule has 0 spiro atoms. The topological polar surface area (TPSA) is 67.8 Å². The van der Waals surface area contributed by atoms with Gasteiger partial charge in [-0.05, 0) is 23.6 Å². The van der Waals surface area contributed by atoms with E-state index in [0.717, 1.165) is 11.1 Å². The van der Waals surface area contributed by atoms with Crippen LogP contribution in [0.4, 0.5) is 5.69 Å². The summed E-state index contributed by atoms with van der Waals surface area (Å²) in [4.78, 5) is 25.8. The maximum Gasteiger partial charge on any atom is 0.242 e. The minimum Gasteiger partial charge on any atom is -0.359 e. The molecule has 2 atom stereocenters. The first kappa shape index (κ1) is 19.9. The van der Waals surface area contributed by atoms with Crippen LogP contribution in [0.3, 0.4) is 0 Å². The minimum absolute atomic E-state index is 0.235. The molecule has 0 aromatic heterocycles. The van der Waals surface area contributed by atoms with Gasteiger partial charge in [-0.3, -0.25) is 4.79 Å². The Kier molecular flexibility index (Phi) is 4.70. The summed E-state index contributed by atoms with van der Waals surface area (Å²) < 4.78 is 0. The second-order valence-corrected chi connectivity index (χ2v) is 8.38. The van der Waals surface area contributed by atoms with Gasteiger partial charge in [0, 0.05) is 17.7 Å². The molecule has 1 saturated heterocycles. The number of hydrogen-bond donors (Lipinski definition) is 2. The molecule has 1 amide bonds. The highest BCUT2D eigenvalue weighted by atomic mass is 17.2. The molecule has 0 bridgehead atoms. The number of amides is 1. The lowest BCUT2D eigenvalue weighted by Gasteiger charge is -2.56. The van der Waals surface area contributed by atoms with Gasteiger partial charge < -0.3 is 10.4 Å². The van der Waals surface area contributed by atoms with Crippen LogP contribution in [0, 0.1) is 5.41 Å². The van der Waals surface area contributed by atoms with Crippen LogP contribution in [0.2, 0.25) is 0 Å². The molecule has 2 aliphatic heterocycles. The Morgan fingerprint density at radius 3 is 2.06 bits per heavy atom. The van der Waals surface area contributed by atoms with E-state index in [1.165, 1.54) is 0 Å². The van der Waals surface area contributed by atoms with Crippen molar-refractivity contribution < 1.29 is 19.7 Å². The van der Waals surface area contributed by atoms with E-state index in [-0.39, 0.29) is 12.3 Å². The van der Waals surface area contributed by atoms with Gasteiger partial charge in [0.2, 0.25) is 11.7 Å². The Labute approximate surface area is 181 Å². The summed E-state index contributed by atoms with van der Waals surface area (Å²) >= 11 is 0. The third-order valence-corrected chi connectivity index (χ3v) is 6.64. The fraction of sp³-hybridized carbons (Fsp3) is 0.269. The molecular weight excluding hydrogens is 390 g/mol. The van der Waals surface area contributed by atoms with E-state index in [2.05, 4.69) is 5.32 Å². The van der Waals surface area contributed by atoms with Gasteiger partial charge in [-0.25, -0.2) is 4.89 Å². The standard InChI is InChI=1S/C26H25NO4/c1-2-17-24-18-25(19-11-5-3-6-12-19,20-13-7-4-8-14-20)30-31-26(24,29)21-15-9-10-16-22(21)27-23(24)28/h3-16,29H,2,17-18H2,1H3,(H,27,28). The molecule has 31 heavy (non-hydrogen) atoms. The van der Waals surface area contributed by atoms with E-state index < -0.39 is 16.8 Å². The average Bonchev–Trinajstić information content (AvgIpc) is 2.82. The first-order valence-corrected chi connectivity index (χ1v) is 10.7. The molecule has 5 nitrogen and oxygen atoms in total.